The average Bonchev–Trinajstić information content (AvgIpc) is 3.90. The Hall–Kier alpha value is -4.84. The Morgan fingerprint density at radius 2 is 0.925 bits per heavy atom. The molecule has 4 aromatic rings. The van der Waals surface area contributed by atoms with E-state index in [1.165, 1.54) is 44.5 Å². The van der Waals surface area contributed by atoms with E-state index in [4.69, 9.17) is 9.97 Å². The summed E-state index contributed by atoms with van der Waals surface area (Å²) in [6, 6.07) is 16.0. The van der Waals surface area contributed by atoms with Crippen molar-refractivity contribution in [3.63, 3.8) is 0 Å². The molecule has 6 nitrogen and oxygen atoms in total. The third-order valence-corrected chi connectivity index (χ3v) is 11.5. The highest BCUT2D eigenvalue weighted by Gasteiger charge is 2.32. The van der Waals surface area contributed by atoms with Gasteiger partial charge in [-0.1, -0.05) is 85.7 Å². The van der Waals surface area contributed by atoms with E-state index in [0.29, 0.717) is 5.56 Å². The van der Waals surface area contributed by atoms with E-state index in [9.17, 15) is 9.59 Å². The summed E-state index contributed by atoms with van der Waals surface area (Å²) in [4.78, 5) is 46.4. The van der Waals surface area contributed by atoms with Crippen molar-refractivity contribution in [2.75, 3.05) is 0 Å². The molecule has 0 aliphatic carbocycles. The van der Waals surface area contributed by atoms with Crippen LogP contribution in [0.25, 0.3) is 44.4 Å². The third-order valence-electron chi connectivity index (χ3n) is 11.5. The molecule has 276 valence electrons. The third kappa shape index (κ3) is 6.77. The predicted molar refractivity (Wildman–Crippen MR) is 222 cm³/mol. The average molecular weight is 709 g/mol. The Balaban J connectivity index is 1.84. The van der Waals surface area contributed by atoms with Crippen molar-refractivity contribution in [2.24, 2.45) is 5.92 Å². The maximum absolute atomic E-state index is 14.2. The van der Waals surface area contributed by atoms with E-state index < -0.39 is 5.92 Å². The number of H-pyrrole nitrogens is 2. The first-order valence-electron chi connectivity index (χ1n) is 20.0. The van der Waals surface area contributed by atoms with Gasteiger partial charge in [0.05, 0.1) is 28.7 Å². The number of carbonyl (C=O) groups excluding carboxylic acids is 2. The van der Waals surface area contributed by atoms with E-state index in [-0.39, 0.29) is 18.0 Å². The van der Waals surface area contributed by atoms with E-state index >= 15 is 0 Å². The van der Waals surface area contributed by atoms with Crippen LogP contribution in [0.1, 0.15) is 149 Å². The van der Waals surface area contributed by atoms with Crippen molar-refractivity contribution in [1.82, 2.24) is 19.9 Å². The van der Waals surface area contributed by atoms with Gasteiger partial charge in [-0.3, -0.25) is 9.59 Å². The Morgan fingerprint density at radius 3 is 1.28 bits per heavy atom. The van der Waals surface area contributed by atoms with Gasteiger partial charge in [0.25, 0.3) is 0 Å². The van der Waals surface area contributed by atoms with Gasteiger partial charge < -0.3 is 9.97 Å². The lowest BCUT2D eigenvalue weighted by Crippen LogP contribution is -2.25. The summed E-state index contributed by atoms with van der Waals surface area (Å²) in [5.41, 5.74) is 19.6. The number of allylic oxidation sites excluding steroid dienone is 4. The topological polar surface area (TPSA) is 91.5 Å². The van der Waals surface area contributed by atoms with Crippen LogP contribution in [0.4, 0.5) is 0 Å². The Kier molecular flexibility index (Phi) is 11.5. The van der Waals surface area contributed by atoms with Gasteiger partial charge in [0.1, 0.15) is 5.78 Å². The van der Waals surface area contributed by atoms with Gasteiger partial charge in [-0.25, -0.2) is 9.97 Å². The van der Waals surface area contributed by atoms with Gasteiger partial charge >= 0.3 is 0 Å². The molecule has 8 bridgehead atoms. The molecule has 2 N–H and O–H groups in total. The predicted octanol–water partition coefficient (Wildman–Crippen LogP) is 11.7. The second kappa shape index (κ2) is 16.0. The van der Waals surface area contributed by atoms with Gasteiger partial charge in [0.15, 0.2) is 5.78 Å². The molecule has 2 aliphatic rings. The molecule has 0 radical (unpaired) electrons. The summed E-state index contributed by atoms with van der Waals surface area (Å²) in [5, 5.41) is 0. The van der Waals surface area contributed by atoms with Crippen LogP contribution in [0.3, 0.4) is 0 Å². The molecule has 0 fully saturated rings. The van der Waals surface area contributed by atoms with E-state index in [1.54, 1.807) is 19.1 Å². The number of hydrogen-bond donors (Lipinski definition) is 2. The molecular formula is C47H56N4O2. The van der Waals surface area contributed by atoms with Crippen LogP contribution in [0.15, 0.2) is 48.5 Å². The minimum Gasteiger partial charge on any atom is -0.355 e. The molecule has 2 aliphatic heterocycles. The largest absolute Gasteiger partial charge is 0.355 e. The molecule has 5 heterocycles. The first kappa shape index (κ1) is 37.9. The number of rotatable bonds is 13. The Labute approximate surface area is 315 Å². The summed E-state index contributed by atoms with van der Waals surface area (Å²) in [7, 11) is 0. The van der Waals surface area contributed by atoms with Crippen LogP contribution in [0.2, 0.25) is 0 Å². The molecule has 0 saturated heterocycles. The van der Waals surface area contributed by atoms with Crippen molar-refractivity contribution >= 4 is 55.9 Å². The highest BCUT2D eigenvalue weighted by molar-refractivity contribution is 6.10. The van der Waals surface area contributed by atoms with Crippen LogP contribution in [-0.4, -0.2) is 31.5 Å². The number of ketones is 2. The summed E-state index contributed by atoms with van der Waals surface area (Å²) in [5.74, 6) is -1.17. The van der Waals surface area contributed by atoms with Gasteiger partial charge in [0, 0.05) is 33.2 Å². The lowest BCUT2D eigenvalue weighted by atomic mass is 9.84. The molecule has 3 aromatic heterocycles. The monoisotopic (exact) mass is 708 g/mol. The lowest BCUT2D eigenvalue weighted by Gasteiger charge is -2.17. The minimum absolute atomic E-state index is 0.147. The molecular weight excluding hydrogens is 653 g/mol. The molecule has 6 rings (SSSR count). The van der Waals surface area contributed by atoms with Crippen molar-refractivity contribution in [3.05, 3.63) is 105 Å². The van der Waals surface area contributed by atoms with Crippen LogP contribution in [0.5, 0.6) is 0 Å². The number of aromatic nitrogens is 4. The van der Waals surface area contributed by atoms with Crippen LogP contribution < -0.4 is 0 Å². The number of aryl methyl sites for hydroxylation is 4. The zero-order valence-corrected chi connectivity index (χ0v) is 33.3. The number of fused-ring (bicyclic) bond motifs is 8. The summed E-state index contributed by atoms with van der Waals surface area (Å²) in [6.07, 6.45) is 7.05. The fourth-order valence-corrected chi connectivity index (χ4v) is 8.90. The SMILES string of the molecule is CCC1=C(CC)c2nc1cc1[nH]c(cc3[nH]c(cc4nc(c2CC(C(C)=O)C(=O)c2ccccc2)C(CC)=C4CC)c(CC)c3CC)c(CC)c1CC. The van der Waals surface area contributed by atoms with Gasteiger partial charge in [-0.2, -0.15) is 0 Å². The number of Topliss-reactive ketones (excluding diaryl/α,β-unsaturated/α-hetero) is 2. The molecule has 0 amide bonds. The van der Waals surface area contributed by atoms with E-state index in [1.807, 2.05) is 18.2 Å². The number of aromatic amines is 2. The van der Waals surface area contributed by atoms with Crippen molar-refractivity contribution in [1.29, 1.82) is 0 Å². The molecule has 1 atom stereocenters. The standard InChI is InChI=1S/C47H56N4O2/c1-10-29-31(12-3)41-25-43-33(14-5)35(16-7)45(50-43)38(23-37(27(9)52)47(53)28-21-19-18-20-22-28)46-36(17-8)34(15-6)44(51-46)26-42-32(13-4)30(11-2)40(49-42)24-39(29)48-41/h18-22,24-26,37,48-49H,10-17,23H2,1-9H3. The molecule has 1 unspecified atom stereocenters. The Morgan fingerprint density at radius 1 is 0.528 bits per heavy atom. The fourth-order valence-electron chi connectivity index (χ4n) is 8.90. The first-order chi connectivity index (χ1) is 25.7. The molecule has 1 aromatic carbocycles. The maximum atomic E-state index is 14.2. The van der Waals surface area contributed by atoms with Crippen molar-refractivity contribution in [3.8, 4) is 0 Å². The highest BCUT2D eigenvalue weighted by atomic mass is 16.1. The van der Waals surface area contributed by atoms with Gasteiger partial charge in [-0.05, 0) is 127 Å². The maximum Gasteiger partial charge on any atom is 0.173 e. The highest BCUT2D eigenvalue weighted by Crippen LogP contribution is 2.43. The smallest absolute Gasteiger partial charge is 0.173 e. The zero-order chi connectivity index (χ0) is 38.0. The number of nitrogens with one attached hydrogen (secondary N) is 2. The number of carbonyl (C=O) groups is 2. The van der Waals surface area contributed by atoms with Crippen LogP contribution >= 0.6 is 0 Å². The van der Waals surface area contributed by atoms with E-state index in [2.05, 4.69) is 83.6 Å². The molecule has 53 heavy (non-hydrogen) atoms. The summed E-state index contributed by atoms with van der Waals surface area (Å²) < 4.78 is 0. The number of benzene rings is 1. The van der Waals surface area contributed by atoms with Crippen LogP contribution in [-0.2, 0) is 36.9 Å². The lowest BCUT2D eigenvalue weighted by molar-refractivity contribution is -0.119. The van der Waals surface area contributed by atoms with Gasteiger partial charge in [0.2, 0.25) is 0 Å². The number of hydrogen-bond acceptors (Lipinski definition) is 4. The minimum atomic E-state index is -0.860. The molecule has 0 saturated carbocycles. The quantitative estimate of drug-likeness (QED) is 0.107. The van der Waals surface area contributed by atoms with Crippen molar-refractivity contribution < 1.29 is 9.59 Å². The second-order valence-corrected chi connectivity index (χ2v) is 14.3. The molecule has 6 heteroatoms. The summed E-state index contributed by atoms with van der Waals surface area (Å²) >= 11 is 0. The Bertz CT molecular complexity index is 2170. The van der Waals surface area contributed by atoms with Crippen LogP contribution in [0, 0.1) is 5.92 Å². The van der Waals surface area contributed by atoms with Gasteiger partial charge in [-0.15, -0.1) is 0 Å². The zero-order valence-electron chi connectivity index (χ0n) is 33.3. The van der Waals surface area contributed by atoms with E-state index in [0.717, 1.165) is 102 Å². The summed E-state index contributed by atoms with van der Waals surface area (Å²) in [6.45, 7) is 19.3. The second-order valence-electron chi connectivity index (χ2n) is 14.3. The van der Waals surface area contributed by atoms with Crippen molar-refractivity contribution in [2.45, 2.75) is 120 Å². The molecule has 0 spiro atoms. The number of nitrogens with zero attached hydrogens (tertiary/aromatic N) is 2. The first-order valence-corrected chi connectivity index (χ1v) is 20.0. The normalized spacial score (nSPS) is 13.6. The fraction of sp³-hybridized carbons (Fsp3) is 0.404.